The minimum atomic E-state index is -3.69. The summed E-state index contributed by atoms with van der Waals surface area (Å²) in [6.07, 6.45) is 7.03. The highest BCUT2D eigenvalue weighted by atomic mass is 32.2. The Kier molecular flexibility index (Phi) is 7.86. The van der Waals surface area contributed by atoms with E-state index in [1.807, 2.05) is 26.0 Å². The molecule has 4 heterocycles. The van der Waals surface area contributed by atoms with Gasteiger partial charge in [-0.25, -0.2) is 22.8 Å². The Hall–Kier alpha value is -4.36. The normalized spacial score (nSPS) is 19.2. The number of methoxy groups -OCH3 is 1. The molecule has 1 aliphatic carbocycles. The van der Waals surface area contributed by atoms with E-state index in [9.17, 15) is 13.2 Å². The van der Waals surface area contributed by atoms with Gasteiger partial charge in [-0.3, -0.25) is 14.5 Å². The number of nitrogens with one attached hydrogen (secondary N) is 2. The van der Waals surface area contributed by atoms with Crippen molar-refractivity contribution in [2.24, 2.45) is 0 Å². The van der Waals surface area contributed by atoms with Crippen molar-refractivity contribution in [2.45, 2.75) is 44.1 Å². The number of sulfonamides is 1. The summed E-state index contributed by atoms with van der Waals surface area (Å²) in [6, 6.07) is 8.56. The largest absolute Gasteiger partial charge is 0.481 e. The zero-order chi connectivity index (χ0) is 32.1. The van der Waals surface area contributed by atoms with Crippen LogP contribution in [0.4, 0.5) is 15.8 Å². The lowest BCUT2D eigenvalue weighted by molar-refractivity contribution is -0.126. The first-order valence-corrected chi connectivity index (χ1v) is 16.5. The van der Waals surface area contributed by atoms with Crippen molar-refractivity contribution in [3.63, 3.8) is 0 Å². The van der Waals surface area contributed by atoms with Gasteiger partial charge in [-0.15, -0.1) is 0 Å². The van der Waals surface area contributed by atoms with Crippen molar-refractivity contribution in [3.8, 4) is 22.9 Å². The zero-order valence-electron chi connectivity index (χ0n) is 25.7. The van der Waals surface area contributed by atoms with Gasteiger partial charge in [0.15, 0.2) is 0 Å². The number of rotatable bonds is 10. The average Bonchev–Trinajstić information content (AvgIpc) is 3.20. The molecule has 1 saturated carbocycles. The van der Waals surface area contributed by atoms with Crippen LogP contribution in [0, 0.1) is 5.82 Å². The van der Waals surface area contributed by atoms with Crippen LogP contribution in [0.2, 0.25) is 0 Å². The second-order valence-electron chi connectivity index (χ2n) is 12.0. The molecule has 1 aliphatic heterocycles. The number of anilines is 2. The van der Waals surface area contributed by atoms with Crippen LogP contribution in [0.15, 0.2) is 48.9 Å². The Morgan fingerprint density at radius 1 is 1.11 bits per heavy atom. The predicted molar refractivity (Wildman–Crippen MR) is 170 cm³/mol. The van der Waals surface area contributed by atoms with Gasteiger partial charge in [0.2, 0.25) is 27.7 Å². The quantitative estimate of drug-likeness (QED) is 0.244. The highest BCUT2D eigenvalue weighted by molar-refractivity contribution is 7.92. The first-order valence-electron chi connectivity index (χ1n) is 14.7. The summed E-state index contributed by atoms with van der Waals surface area (Å²) in [5.74, 6) is 0.142. The lowest BCUT2D eigenvalue weighted by Crippen LogP contribution is -2.47. The SMILES string of the molecule is COc1ccc([C@H]2C[C@@]3(C2)C(=O)N(C)c2cnc4cc(F)c(-c5cnc(OCCNC(C)C)c(NS(C)(=O)=O)c5)cc4c23)cn1. The highest BCUT2D eigenvalue weighted by Crippen LogP contribution is 2.60. The van der Waals surface area contributed by atoms with Crippen LogP contribution in [0.5, 0.6) is 11.8 Å². The standard InChI is InChI=1S/C32H35FN6O5S/c1-18(2)34-8-9-44-30-26(38-45(5,41)42)10-20(16-37-30)22-11-23-25(12-24(22)33)35-17-27-29(23)32(31(40)39(27)3)13-21(14-32)19-6-7-28(43-4)36-15-19/h6-7,10-12,15-18,21,34,38H,8-9,13-14H2,1-5H3/t21-,32-. The molecule has 0 unspecified atom stereocenters. The third kappa shape index (κ3) is 5.66. The van der Waals surface area contributed by atoms with E-state index >= 15 is 4.39 Å². The molecular weight excluding hydrogens is 599 g/mol. The van der Waals surface area contributed by atoms with E-state index in [-0.39, 0.29) is 41.6 Å². The smallest absolute Gasteiger partial charge is 0.238 e. The van der Waals surface area contributed by atoms with Gasteiger partial charge in [0.1, 0.15) is 18.1 Å². The van der Waals surface area contributed by atoms with Crippen molar-refractivity contribution in [2.75, 3.05) is 43.2 Å². The number of amides is 1. The van der Waals surface area contributed by atoms with Gasteiger partial charge in [-0.05, 0) is 36.5 Å². The molecule has 0 radical (unpaired) electrons. The molecule has 6 rings (SSSR count). The van der Waals surface area contributed by atoms with Gasteiger partial charge < -0.3 is 19.7 Å². The number of benzene rings is 1. The van der Waals surface area contributed by atoms with Gasteiger partial charge in [0, 0.05) is 66.2 Å². The monoisotopic (exact) mass is 634 g/mol. The molecule has 1 amide bonds. The van der Waals surface area contributed by atoms with Crippen molar-refractivity contribution in [3.05, 3.63) is 65.9 Å². The first-order chi connectivity index (χ1) is 21.4. The molecule has 0 atom stereocenters. The Bertz CT molecular complexity index is 1890. The molecule has 1 aromatic carbocycles. The van der Waals surface area contributed by atoms with Crippen LogP contribution in [0.25, 0.3) is 22.0 Å². The van der Waals surface area contributed by atoms with Crippen molar-refractivity contribution < 1.29 is 27.1 Å². The topological polar surface area (TPSA) is 136 Å². The number of pyridine rings is 3. The van der Waals surface area contributed by atoms with E-state index < -0.39 is 21.3 Å². The van der Waals surface area contributed by atoms with Crippen molar-refractivity contribution >= 4 is 38.2 Å². The second-order valence-corrected chi connectivity index (χ2v) is 13.7. The first kappa shape index (κ1) is 30.7. The molecule has 1 spiro atoms. The van der Waals surface area contributed by atoms with Crippen LogP contribution < -0.4 is 24.4 Å². The second kappa shape index (κ2) is 11.5. The number of likely N-dealkylation sites (N-methyl/N-ethyl adjacent to an activating group) is 1. The molecule has 4 aromatic rings. The molecular formula is C32H35FN6O5S. The summed E-state index contributed by atoms with van der Waals surface area (Å²) in [5, 5.41) is 3.88. The van der Waals surface area contributed by atoms with Crippen LogP contribution in [-0.2, 0) is 20.2 Å². The zero-order valence-corrected chi connectivity index (χ0v) is 26.5. The van der Waals surface area contributed by atoms with Crippen molar-refractivity contribution in [1.82, 2.24) is 20.3 Å². The number of aromatic nitrogens is 3. The summed E-state index contributed by atoms with van der Waals surface area (Å²) in [5.41, 5.74) is 2.80. The Balaban J connectivity index is 1.39. The predicted octanol–water partition coefficient (Wildman–Crippen LogP) is 4.38. The number of halogens is 1. The van der Waals surface area contributed by atoms with E-state index in [0.29, 0.717) is 47.4 Å². The summed E-state index contributed by atoms with van der Waals surface area (Å²) in [4.78, 5) is 28.6. The molecule has 3 aromatic heterocycles. The van der Waals surface area contributed by atoms with Gasteiger partial charge >= 0.3 is 0 Å². The number of ether oxygens (including phenoxy) is 2. The van der Waals surface area contributed by atoms with Gasteiger partial charge in [-0.1, -0.05) is 19.9 Å². The maximum atomic E-state index is 15.7. The van der Waals surface area contributed by atoms with Crippen LogP contribution in [0.3, 0.4) is 0 Å². The van der Waals surface area contributed by atoms with E-state index in [2.05, 4.69) is 25.0 Å². The number of nitrogens with zero attached hydrogens (tertiary/aromatic N) is 4. The lowest BCUT2D eigenvalue weighted by atomic mass is 9.57. The maximum Gasteiger partial charge on any atom is 0.238 e. The highest BCUT2D eigenvalue weighted by Gasteiger charge is 2.58. The number of hydrogen-bond acceptors (Lipinski definition) is 9. The van der Waals surface area contributed by atoms with E-state index in [1.165, 1.54) is 18.3 Å². The van der Waals surface area contributed by atoms with Gasteiger partial charge in [0.05, 0.1) is 36.2 Å². The molecule has 45 heavy (non-hydrogen) atoms. The number of carbonyl (C=O) groups is 1. The molecule has 236 valence electrons. The van der Waals surface area contributed by atoms with Crippen molar-refractivity contribution in [1.29, 1.82) is 0 Å². The van der Waals surface area contributed by atoms with E-state index in [4.69, 9.17) is 9.47 Å². The minimum Gasteiger partial charge on any atom is -0.481 e. The molecule has 0 bridgehead atoms. The maximum absolute atomic E-state index is 15.7. The van der Waals surface area contributed by atoms with Gasteiger partial charge in [-0.2, -0.15) is 0 Å². The fourth-order valence-electron chi connectivity index (χ4n) is 6.35. The van der Waals surface area contributed by atoms with E-state index in [1.54, 1.807) is 37.5 Å². The summed E-state index contributed by atoms with van der Waals surface area (Å²) < 4.78 is 53.5. The number of hydrogen-bond donors (Lipinski definition) is 2. The molecule has 11 nitrogen and oxygen atoms in total. The summed E-state index contributed by atoms with van der Waals surface area (Å²) in [6.45, 7) is 4.79. The average molecular weight is 635 g/mol. The Labute approximate surface area is 261 Å². The van der Waals surface area contributed by atoms with Crippen LogP contribution in [0.1, 0.15) is 43.7 Å². The molecule has 2 N–H and O–H groups in total. The minimum absolute atomic E-state index is 0.0230. The Morgan fingerprint density at radius 2 is 1.89 bits per heavy atom. The molecule has 13 heteroatoms. The number of carbonyl (C=O) groups excluding carboxylic acids is 1. The fraction of sp³-hybridized carbons (Fsp3) is 0.375. The van der Waals surface area contributed by atoms with Gasteiger partial charge in [0.25, 0.3) is 0 Å². The molecule has 1 fully saturated rings. The van der Waals surface area contributed by atoms with Crippen LogP contribution in [-0.4, -0.2) is 68.9 Å². The molecule has 2 aliphatic rings. The molecule has 0 saturated heterocycles. The fourth-order valence-corrected chi connectivity index (χ4v) is 6.90. The third-order valence-electron chi connectivity index (χ3n) is 8.47. The summed E-state index contributed by atoms with van der Waals surface area (Å²) >= 11 is 0. The lowest BCUT2D eigenvalue weighted by Gasteiger charge is -2.44. The third-order valence-corrected chi connectivity index (χ3v) is 9.06. The Morgan fingerprint density at radius 3 is 2.56 bits per heavy atom. The van der Waals surface area contributed by atoms with Crippen LogP contribution >= 0.6 is 0 Å². The van der Waals surface area contributed by atoms with E-state index in [0.717, 1.165) is 17.4 Å². The number of fused-ring (bicyclic) bond motifs is 4. The summed E-state index contributed by atoms with van der Waals surface area (Å²) in [7, 11) is -0.396.